The minimum absolute atomic E-state index is 0.0133. The SMILES string of the molecule is Cc1nccn1C1CCCN(C(=O)c2cc(Cl)c[nH]2)C1. The molecule has 1 unspecified atom stereocenters. The van der Waals surface area contributed by atoms with Gasteiger partial charge in [0.1, 0.15) is 11.5 Å². The number of carbonyl (C=O) groups excluding carboxylic acids is 1. The van der Waals surface area contributed by atoms with Gasteiger partial charge in [0.15, 0.2) is 0 Å². The fourth-order valence-electron chi connectivity index (χ4n) is 2.80. The van der Waals surface area contributed by atoms with E-state index in [0.717, 1.165) is 25.2 Å². The summed E-state index contributed by atoms with van der Waals surface area (Å²) in [6.07, 6.45) is 7.51. The summed E-state index contributed by atoms with van der Waals surface area (Å²) in [5.41, 5.74) is 0.554. The molecule has 106 valence electrons. The van der Waals surface area contributed by atoms with Crippen LogP contribution in [0, 0.1) is 6.92 Å². The fourth-order valence-corrected chi connectivity index (χ4v) is 2.97. The summed E-state index contributed by atoms with van der Waals surface area (Å²) in [5, 5.41) is 0.562. The first-order chi connectivity index (χ1) is 9.65. The number of carbonyl (C=O) groups is 1. The lowest BCUT2D eigenvalue weighted by atomic mass is 10.0. The second-order valence-corrected chi connectivity index (χ2v) is 5.60. The predicted octanol–water partition coefficient (Wildman–Crippen LogP) is 2.65. The molecule has 1 fully saturated rings. The number of H-pyrrole nitrogens is 1. The smallest absolute Gasteiger partial charge is 0.270 e. The van der Waals surface area contributed by atoms with Crippen molar-refractivity contribution in [2.24, 2.45) is 0 Å². The van der Waals surface area contributed by atoms with Crippen molar-refractivity contribution in [1.29, 1.82) is 0 Å². The van der Waals surface area contributed by atoms with Crippen molar-refractivity contribution < 1.29 is 4.79 Å². The summed E-state index contributed by atoms with van der Waals surface area (Å²) in [7, 11) is 0. The standard InChI is InChI=1S/C14H17ClN4O/c1-10-16-4-6-19(10)12-3-2-5-18(9-12)14(20)13-7-11(15)8-17-13/h4,6-8,12,17H,2-3,5,9H2,1H3. The van der Waals surface area contributed by atoms with Crippen molar-refractivity contribution in [3.8, 4) is 0 Å². The predicted molar refractivity (Wildman–Crippen MR) is 76.9 cm³/mol. The molecule has 0 aliphatic carbocycles. The molecule has 0 spiro atoms. The van der Waals surface area contributed by atoms with Gasteiger partial charge in [0, 0.05) is 31.7 Å². The highest BCUT2D eigenvalue weighted by Gasteiger charge is 2.26. The van der Waals surface area contributed by atoms with Gasteiger partial charge in [-0.15, -0.1) is 0 Å². The van der Waals surface area contributed by atoms with Crippen LogP contribution in [0.4, 0.5) is 0 Å². The summed E-state index contributed by atoms with van der Waals surface area (Å²) in [6, 6.07) is 1.98. The van der Waals surface area contributed by atoms with E-state index in [1.54, 1.807) is 18.5 Å². The molecule has 0 bridgehead atoms. The summed E-state index contributed by atoms with van der Waals surface area (Å²) >= 11 is 5.86. The summed E-state index contributed by atoms with van der Waals surface area (Å²) in [4.78, 5) is 21.5. The van der Waals surface area contributed by atoms with Gasteiger partial charge in [-0.1, -0.05) is 11.6 Å². The minimum atomic E-state index is 0.0133. The Morgan fingerprint density at radius 2 is 2.40 bits per heavy atom. The molecule has 3 heterocycles. The van der Waals surface area contributed by atoms with Crippen molar-refractivity contribution in [3.63, 3.8) is 0 Å². The molecule has 1 amide bonds. The topological polar surface area (TPSA) is 53.9 Å². The maximum absolute atomic E-state index is 12.4. The zero-order chi connectivity index (χ0) is 14.1. The number of nitrogens with zero attached hydrogens (tertiary/aromatic N) is 3. The molecule has 0 radical (unpaired) electrons. The Hall–Kier alpha value is -1.75. The van der Waals surface area contributed by atoms with Crippen molar-refractivity contribution in [2.45, 2.75) is 25.8 Å². The molecule has 2 aromatic rings. The molecule has 3 rings (SSSR count). The monoisotopic (exact) mass is 292 g/mol. The van der Waals surface area contributed by atoms with Gasteiger partial charge in [0.2, 0.25) is 0 Å². The highest BCUT2D eigenvalue weighted by molar-refractivity contribution is 6.30. The molecule has 5 nitrogen and oxygen atoms in total. The maximum Gasteiger partial charge on any atom is 0.270 e. The number of piperidine rings is 1. The van der Waals surface area contributed by atoms with E-state index in [1.165, 1.54) is 0 Å². The van der Waals surface area contributed by atoms with Crippen molar-refractivity contribution in [1.82, 2.24) is 19.4 Å². The van der Waals surface area contributed by atoms with E-state index in [-0.39, 0.29) is 5.91 Å². The van der Waals surface area contributed by atoms with Gasteiger partial charge in [-0.05, 0) is 25.8 Å². The average molecular weight is 293 g/mol. The first kappa shape index (κ1) is 13.2. The fraction of sp³-hybridized carbons (Fsp3) is 0.429. The summed E-state index contributed by atoms with van der Waals surface area (Å²) in [5.74, 6) is 1.01. The third-order valence-electron chi connectivity index (χ3n) is 3.82. The molecule has 20 heavy (non-hydrogen) atoms. The largest absolute Gasteiger partial charge is 0.356 e. The Bertz CT molecular complexity index is 618. The first-order valence-electron chi connectivity index (χ1n) is 6.78. The van der Waals surface area contributed by atoms with Crippen LogP contribution in [0.15, 0.2) is 24.7 Å². The number of aromatic amines is 1. The summed E-state index contributed by atoms with van der Waals surface area (Å²) < 4.78 is 2.15. The van der Waals surface area contributed by atoms with Gasteiger partial charge in [0.25, 0.3) is 5.91 Å². The lowest BCUT2D eigenvalue weighted by molar-refractivity contribution is 0.0673. The van der Waals surface area contributed by atoms with Gasteiger partial charge in [-0.2, -0.15) is 0 Å². The van der Waals surface area contributed by atoms with Gasteiger partial charge in [0.05, 0.1) is 11.1 Å². The van der Waals surface area contributed by atoms with E-state index in [9.17, 15) is 4.79 Å². The number of amides is 1. The van der Waals surface area contributed by atoms with Crippen LogP contribution in [-0.4, -0.2) is 38.4 Å². The van der Waals surface area contributed by atoms with E-state index in [4.69, 9.17) is 11.6 Å². The Kier molecular flexibility index (Phi) is 3.53. The number of hydrogen-bond donors (Lipinski definition) is 1. The van der Waals surface area contributed by atoms with Gasteiger partial charge in [-0.25, -0.2) is 4.98 Å². The Morgan fingerprint density at radius 3 is 3.05 bits per heavy atom. The number of rotatable bonds is 2. The molecule has 2 aromatic heterocycles. The molecule has 1 N–H and O–H groups in total. The Morgan fingerprint density at radius 1 is 1.55 bits per heavy atom. The lowest BCUT2D eigenvalue weighted by Crippen LogP contribution is -2.40. The van der Waals surface area contributed by atoms with E-state index in [2.05, 4.69) is 14.5 Å². The molecular weight excluding hydrogens is 276 g/mol. The zero-order valence-corrected chi connectivity index (χ0v) is 12.1. The van der Waals surface area contributed by atoms with Crippen LogP contribution in [0.5, 0.6) is 0 Å². The summed E-state index contributed by atoms with van der Waals surface area (Å²) in [6.45, 7) is 3.50. The number of aromatic nitrogens is 3. The quantitative estimate of drug-likeness (QED) is 0.925. The van der Waals surface area contributed by atoms with Crippen LogP contribution in [-0.2, 0) is 0 Å². The van der Waals surface area contributed by atoms with Crippen molar-refractivity contribution >= 4 is 17.5 Å². The van der Waals surface area contributed by atoms with Crippen LogP contribution in [0.2, 0.25) is 5.02 Å². The number of imidazole rings is 1. The molecule has 6 heteroatoms. The maximum atomic E-state index is 12.4. The third kappa shape index (κ3) is 2.45. The molecule has 1 aliphatic rings. The van der Waals surface area contributed by atoms with Gasteiger partial charge >= 0.3 is 0 Å². The van der Waals surface area contributed by atoms with Crippen molar-refractivity contribution in [3.05, 3.63) is 41.2 Å². The van der Waals surface area contributed by atoms with Gasteiger partial charge in [-0.3, -0.25) is 4.79 Å². The first-order valence-corrected chi connectivity index (χ1v) is 7.15. The number of aryl methyl sites for hydroxylation is 1. The lowest BCUT2D eigenvalue weighted by Gasteiger charge is -2.33. The Labute approximate surface area is 122 Å². The highest BCUT2D eigenvalue weighted by atomic mass is 35.5. The van der Waals surface area contributed by atoms with E-state index in [1.807, 2.05) is 18.0 Å². The van der Waals surface area contributed by atoms with Crippen LogP contribution < -0.4 is 0 Å². The zero-order valence-electron chi connectivity index (χ0n) is 11.3. The second-order valence-electron chi connectivity index (χ2n) is 5.16. The molecular formula is C14H17ClN4O. The minimum Gasteiger partial charge on any atom is -0.356 e. The van der Waals surface area contributed by atoms with E-state index in [0.29, 0.717) is 23.3 Å². The second kappa shape index (κ2) is 5.32. The Balaban J connectivity index is 1.75. The van der Waals surface area contributed by atoms with Gasteiger partial charge < -0.3 is 14.5 Å². The van der Waals surface area contributed by atoms with E-state index >= 15 is 0 Å². The highest BCUT2D eigenvalue weighted by Crippen LogP contribution is 2.24. The van der Waals surface area contributed by atoms with Crippen LogP contribution in [0.3, 0.4) is 0 Å². The number of hydrogen-bond acceptors (Lipinski definition) is 2. The number of nitrogens with one attached hydrogen (secondary N) is 1. The van der Waals surface area contributed by atoms with Crippen LogP contribution >= 0.6 is 11.6 Å². The van der Waals surface area contributed by atoms with Crippen LogP contribution in [0.25, 0.3) is 0 Å². The average Bonchev–Trinajstić information content (AvgIpc) is 3.07. The molecule has 0 aromatic carbocycles. The molecule has 1 atom stereocenters. The van der Waals surface area contributed by atoms with Crippen LogP contribution in [0.1, 0.15) is 35.2 Å². The number of halogens is 1. The van der Waals surface area contributed by atoms with E-state index < -0.39 is 0 Å². The molecule has 1 aliphatic heterocycles. The normalized spacial score (nSPS) is 19.3. The van der Waals surface area contributed by atoms with Crippen molar-refractivity contribution in [2.75, 3.05) is 13.1 Å². The molecule has 1 saturated heterocycles. The molecule has 0 saturated carbocycles. The number of likely N-dealkylation sites (tertiary alicyclic amines) is 1. The third-order valence-corrected chi connectivity index (χ3v) is 4.04.